The van der Waals surface area contributed by atoms with Crippen molar-refractivity contribution < 1.29 is 4.84 Å². The van der Waals surface area contributed by atoms with E-state index in [-0.39, 0.29) is 0 Å². The van der Waals surface area contributed by atoms with Crippen molar-refractivity contribution in [3.8, 4) is 0 Å². The van der Waals surface area contributed by atoms with E-state index in [4.69, 9.17) is 4.84 Å². The molecule has 2 N–H and O–H groups in total. The van der Waals surface area contributed by atoms with Crippen molar-refractivity contribution >= 4 is 0 Å². The van der Waals surface area contributed by atoms with Crippen LogP contribution in [0.2, 0.25) is 0 Å². The Bertz CT molecular complexity index is 29.3. The minimum atomic E-state index is 0.795. The van der Waals surface area contributed by atoms with Crippen molar-refractivity contribution in [1.82, 2.24) is 11.0 Å². The molecule has 0 aromatic rings. The maximum absolute atomic E-state index is 4.80. The maximum atomic E-state index is 4.80. The molecule has 1 radical (unpaired) electrons. The van der Waals surface area contributed by atoms with Gasteiger partial charge in [0.05, 0.1) is 6.61 Å². The summed E-state index contributed by atoms with van der Waals surface area (Å²) in [5.74, 6) is 0. The molecule has 0 aromatic heterocycles. The summed E-state index contributed by atoms with van der Waals surface area (Å²) in [4.78, 5) is 4.80. The fraction of sp³-hybridized carbons (Fsp3) is 0.750. The average molecular weight is 101 g/mol. The molecule has 7 heavy (non-hydrogen) atoms. The largest absolute Gasteiger partial charge is 0.287 e. The van der Waals surface area contributed by atoms with Gasteiger partial charge in [-0.25, -0.2) is 5.43 Å². The van der Waals surface area contributed by atoms with Crippen LogP contribution in [-0.4, -0.2) is 6.61 Å². The zero-order chi connectivity index (χ0) is 4.95. The molecule has 0 unspecified atom stereocenters. The van der Waals surface area contributed by atoms with Crippen molar-refractivity contribution in [2.45, 2.75) is 12.8 Å². The lowest BCUT2D eigenvalue weighted by molar-refractivity contribution is 0.0276. The second-order valence-corrected chi connectivity index (χ2v) is 1.44. The first-order valence-corrected chi connectivity index (χ1v) is 2.44. The predicted molar refractivity (Wildman–Crippen MR) is 25.8 cm³/mol. The van der Waals surface area contributed by atoms with E-state index in [0.717, 1.165) is 19.4 Å². The van der Waals surface area contributed by atoms with Gasteiger partial charge in [-0.2, -0.15) is 0 Å². The summed E-state index contributed by atoms with van der Waals surface area (Å²) < 4.78 is 0. The van der Waals surface area contributed by atoms with Gasteiger partial charge in [0.2, 0.25) is 0 Å². The molecule has 1 heterocycles. The molecular formula is C4H9N2O. The number of nitrogens with one attached hydrogen (secondary N) is 2. The third-order valence-corrected chi connectivity index (χ3v) is 0.828. The highest BCUT2D eigenvalue weighted by Gasteiger charge is 1.93. The Labute approximate surface area is 43.0 Å². The second kappa shape index (κ2) is 2.96. The minimum Gasteiger partial charge on any atom is -0.287 e. The summed E-state index contributed by atoms with van der Waals surface area (Å²) in [5, 5.41) is 0. The Morgan fingerprint density at radius 1 is 1.57 bits per heavy atom. The van der Waals surface area contributed by atoms with Gasteiger partial charge in [-0.05, 0) is 12.8 Å². The van der Waals surface area contributed by atoms with Crippen molar-refractivity contribution in [3.05, 3.63) is 6.54 Å². The lowest BCUT2D eigenvalue weighted by Crippen LogP contribution is -2.26. The zero-order valence-electron chi connectivity index (χ0n) is 4.11. The molecule has 3 nitrogen and oxygen atoms in total. The van der Waals surface area contributed by atoms with Gasteiger partial charge in [0.15, 0.2) is 0 Å². The minimum absolute atomic E-state index is 0.795. The van der Waals surface area contributed by atoms with E-state index in [1.165, 1.54) is 0 Å². The van der Waals surface area contributed by atoms with E-state index in [2.05, 4.69) is 11.0 Å². The predicted octanol–water partition coefficient (Wildman–Crippen LogP) is -0.0322. The molecule has 3 heteroatoms. The van der Waals surface area contributed by atoms with E-state index in [1.807, 2.05) is 6.54 Å². The Balaban J connectivity index is 2.04. The first kappa shape index (κ1) is 5.03. The topological polar surface area (TPSA) is 33.3 Å². The van der Waals surface area contributed by atoms with E-state index in [9.17, 15) is 0 Å². The van der Waals surface area contributed by atoms with E-state index >= 15 is 0 Å². The average Bonchev–Trinajstić information content (AvgIpc) is 1.90. The van der Waals surface area contributed by atoms with Crippen molar-refractivity contribution in [1.29, 1.82) is 0 Å². The first-order chi connectivity index (χ1) is 3.50. The van der Waals surface area contributed by atoms with E-state index < -0.39 is 0 Å². The lowest BCUT2D eigenvalue weighted by atomic mass is 10.3. The third-order valence-electron chi connectivity index (χ3n) is 0.828. The highest BCUT2D eigenvalue weighted by molar-refractivity contribution is 4.57. The number of rotatable bonds is 0. The molecule has 1 aliphatic rings. The van der Waals surface area contributed by atoms with E-state index in [0.29, 0.717) is 0 Å². The van der Waals surface area contributed by atoms with Crippen LogP contribution in [0, 0.1) is 6.54 Å². The maximum Gasteiger partial charge on any atom is 0.0699 e. The molecule has 41 valence electrons. The smallest absolute Gasteiger partial charge is 0.0699 e. The Morgan fingerprint density at radius 3 is 3.57 bits per heavy atom. The van der Waals surface area contributed by atoms with Crippen LogP contribution in [-0.2, 0) is 4.84 Å². The normalized spacial score (nSPS) is 24.0. The highest BCUT2D eigenvalue weighted by atomic mass is 16.7. The van der Waals surface area contributed by atoms with Gasteiger partial charge < -0.3 is 0 Å². The quantitative estimate of drug-likeness (QED) is 0.449. The van der Waals surface area contributed by atoms with Gasteiger partial charge in [-0.3, -0.25) is 4.84 Å². The summed E-state index contributed by atoms with van der Waals surface area (Å²) in [7, 11) is 0. The summed E-state index contributed by atoms with van der Waals surface area (Å²) in [6, 6.07) is 0. The summed E-state index contributed by atoms with van der Waals surface area (Å²) >= 11 is 0. The van der Waals surface area contributed by atoms with Gasteiger partial charge in [0, 0.05) is 6.54 Å². The molecule has 1 fully saturated rings. The van der Waals surface area contributed by atoms with Gasteiger partial charge in [-0.1, -0.05) is 0 Å². The summed E-state index contributed by atoms with van der Waals surface area (Å²) in [6.45, 7) is 2.73. The number of hydrazine groups is 1. The Kier molecular flexibility index (Phi) is 2.12. The molecule has 0 amide bonds. The lowest BCUT2D eigenvalue weighted by Gasteiger charge is -1.96. The molecule has 1 saturated heterocycles. The van der Waals surface area contributed by atoms with Crippen molar-refractivity contribution in [2.75, 3.05) is 6.61 Å². The molecule has 1 rings (SSSR count). The standard InChI is InChI=1S/C4H9N2O/c1-2-4-7-6-5-3-1/h3,5-6H,1-2,4H2. The molecular weight excluding hydrogens is 92.1 g/mol. The van der Waals surface area contributed by atoms with Gasteiger partial charge in [0.25, 0.3) is 0 Å². The Hall–Kier alpha value is -0.120. The van der Waals surface area contributed by atoms with Crippen LogP contribution < -0.4 is 11.0 Å². The highest BCUT2D eigenvalue weighted by Crippen LogP contribution is 1.92. The van der Waals surface area contributed by atoms with Crippen LogP contribution >= 0.6 is 0 Å². The third kappa shape index (κ3) is 1.87. The summed E-state index contributed by atoms with van der Waals surface area (Å²) in [5.41, 5.74) is 5.29. The molecule has 0 aromatic carbocycles. The zero-order valence-corrected chi connectivity index (χ0v) is 4.11. The van der Waals surface area contributed by atoms with Crippen LogP contribution in [0.15, 0.2) is 0 Å². The van der Waals surface area contributed by atoms with Gasteiger partial charge in [-0.15, -0.1) is 5.59 Å². The molecule has 0 aliphatic carbocycles. The first-order valence-electron chi connectivity index (χ1n) is 2.44. The van der Waals surface area contributed by atoms with Crippen LogP contribution in [0.3, 0.4) is 0 Å². The van der Waals surface area contributed by atoms with Gasteiger partial charge >= 0.3 is 0 Å². The molecule has 0 spiro atoms. The SMILES string of the molecule is [CH]1CCCONN1. The second-order valence-electron chi connectivity index (χ2n) is 1.44. The fourth-order valence-corrected chi connectivity index (χ4v) is 0.464. The molecule has 1 aliphatic heterocycles. The fourth-order valence-electron chi connectivity index (χ4n) is 0.464. The van der Waals surface area contributed by atoms with Crippen LogP contribution in [0.4, 0.5) is 0 Å². The van der Waals surface area contributed by atoms with Crippen LogP contribution in [0.5, 0.6) is 0 Å². The van der Waals surface area contributed by atoms with Crippen LogP contribution in [0.25, 0.3) is 0 Å². The number of hydrogen-bond acceptors (Lipinski definition) is 3. The Morgan fingerprint density at radius 2 is 2.57 bits per heavy atom. The molecule has 0 atom stereocenters. The molecule has 0 saturated carbocycles. The molecule has 0 bridgehead atoms. The van der Waals surface area contributed by atoms with Crippen LogP contribution in [0.1, 0.15) is 12.8 Å². The van der Waals surface area contributed by atoms with Crippen molar-refractivity contribution in [3.63, 3.8) is 0 Å². The summed E-state index contributed by atoms with van der Waals surface area (Å²) in [6.07, 6.45) is 2.17. The monoisotopic (exact) mass is 101 g/mol. The van der Waals surface area contributed by atoms with E-state index in [1.54, 1.807) is 0 Å². The van der Waals surface area contributed by atoms with Crippen molar-refractivity contribution in [2.24, 2.45) is 0 Å². The van der Waals surface area contributed by atoms with Gasteiger partial charge in [0.1, 0.15) is 0 Å². The number of hydrogen-bond donors (Lipinski definition) is 2.